The van der Waals surface area contributed by atoms with Crippen molar-refractivity contribution in [3.8, 4) is 0 Å². The fraction of sp³-hybridized carbons (Fsp3) is 0.857. The van der Waals surface area contributed by atoms with Gasteiger partial charge in [-0.1, -0.05) is 0 Å². The predicted molar refractivity (Wildman–Crippen MR) is 68.4 cm³/mol. The first-order valence-electron chi connectivity index (χ1n) is 7.49. The summed E-state index contributed by atoms with van der Waals surface area (Å²) in [4.78, 5) is 25.8. The lowest BCUT2D eigenvalue weighted by Crippen LogP contribution is -3.18. The first-order chi connectivity index (χ1) is 9.16. The van der Waals surface area contributed by atoms with Crippen LogP contribution in [0.1, 0.15) is 44.9 Å². The van der Waals surface area contributed by atoms with Crippen molar-refractivity contribution in [3.63, 3.8) is 0 Å². The average molecular weight is 268 g/mol. The highest BCUT2D eigenvalue weighted by Crippen LogP contribution is 2.15. The zero-order chi connectivity index (χ0) is 13.7. The van der Waals surface area contributed by atoms with Crippen molar-refractivity contribution in [2.24, 2.45) is 0 Å². The molecule has 0 unspecified atom stereocenters. The van der Waals surface area contributed by atoms with E-state index in [0.717, 1.165) is 32.2 Å². The van der Waals surface area contributed by atoms with E-state index in [1.54, 1.807) is 4.90 Å². The number of hydrogen-bond donors (Lipinski definition) is 1. The number of rotatable bonds is 5. The first-order valence-corrected chi connectivity index (χ1v) is 7.49. The second-order valence-electron chi connectivity index (χ2n) is 5.75. The lowest BCUT2D eigenvalue weighted by Gasteiger charge is -2.35. The molecule has 2 aliphatic rings. The standard InChI is InChI=1S/C14H24N2O3/c17-13(6-3-7-14(18)19)16-10-8-15(9-11-16)12-4-1-2-5-12/h12H,1-11H2,(H,18,19). The Balaban J connectivity index is 1.67. The summed E-state index contributed by atoms with van der Waals surface area (Å²) in [6.07, 6.45) is 6.13. The lowest BCUT2D eigenvalue weighted by molar-refractivity contribution is -0.928. The third-order valence-electron chi connectivity index (χ3n) is 4.46. The first kappa shape index (κ1) is 14.3. The van der Waals surface area contributed by atoms with Crippen molar-refractivity contribution in [1.82, 2.24) is 4.90 Å². The number of aliphatic carboxylic acids is 1. The Morgan fingerprint density at radius 3 is 2.32 bits per heavy atom. The molecular weight excluding hydrogens is 244 g/mol. The molecule has 1 saturated carbocycles. The Bertz CT molecular complexity index is 319. The molecule has 0 bridgehead atoms. The van der Waals surface area contributed by atoms with Gasteiger partial charge >= 0.3 is 0 Å². The van der Waals surface area contributed by atoms with Crippen LogP contribution in [0.15, 0.2) is 0 Å². The molecule has 0 radical (unpaired) electrons. The number of carbonyl (C=O) groups excluding carboxylic acids is 2. The van der Waals surface area contributed by atoms with Gasteiger partial charge in [-0.05, 0) is 38.5 Å². The van der Waals surface area contributed by atoms with Crippen molar-refractivity contribution in [3.05, 3.63) is 0 Å². The number of carbonyl (C=O) groups is 2. The van der Waals surface area contributed by atoms with Crippen LogP contribution >= 0.6 is 0 Å². The van der Waals surface area contributed by atoms with Gasteiger partial charge in [0.05, 0.1) is 32.2 Å². The van der Waals surface area contributed by atoms with Crippen LogP contribution in [0, 0.1) is 0 Å². The SMILES string of the molecule is O=C([O-])CCCC(=O)N1CC[NH+](C2CCCC2)CC1. The molecule has 0 aromatic carbocycles. The summed E-state index contributed by atoms with van der Waals surface area (Å²) in [5.41, 5.74) is 0. The summed E-state index contributed by atoms with van der Waals surface area (Å²) >= 11 is 0. The third kappa shape index (κ3) is 4.20. The lowest BCUT2D eigenvalue weighted by atomic mass is 10.1. The van der Waals surface area contributed by atoms with Gasteiger partial charge in [0.1, 0.15) is 0 Å². The Morgan fingerprint density at radius 2 is 1.74 bits per heavy atom. The van der Waals surface area contributed by atoms with E-state index < -0.39 is 5.97 Å². The minimum absolute atomic E-state index is 0.0149. The minimum Gasteiger partial charge on any atom is -0.550 e. The molecule has 5 nitrogen and oxygen atoms in total. The Morgan fingerprint density at radius 1 is 1.11 bits per heavy atom. The van der Waals surface area contributed by atoms with Crippen LogP contribution in [0.5, 0.6) is 0 Å². The van der Waals surface area contributed by atoms with Gasteiger partial charge in [-0.3, -0.25) is 4.79 Å². The quantitative estimate of drug-likeness (QED) is 0.665. The van der Waals surface area contributed by atoms with E-state index in [2.05, 4.69) is 0 Å². The zero-order valence-corrected chi connectivity index (χ0v) is 11.5. The minimum atomic E-state index is -1.07. The van der Waals surface area contributed by atoms with Gasteiger partial charge in [0.2, 0.25) is 5.91 Å². The van der Waals surface area contributed by atoms with E-state index in [0.29, 0.717) is 12.8 Å². The van der Waals surface area contributed by atoms with E-state index in [1.807, 2.05) is 4.90 Å². The van der Waals surface area contributed by atoms with Gasteiger partial charge in [0, 0.05) is 12.4 Å². The molecule has 0 atom stereocenters. The number of quaternary nitrogens is 1. The number of nitrogens with one attached hydrogen (secondary N) is 1. The summed E-state index contributed by atoms with van der Waals surface area (Å²) in [6, 6.07) is 0.815. The maximum atomic E-state index is 11.9. The van der Waals surface area contributed by atoms with Crippen LogP contribution in [-0.4, -0.2) is 49.0 Å². The topological polar surface area (TPSA) is 64.9 Å². The van der Waals surface area contributed by atoms with Crippen LogP contribution < -0.4 is 10.0 Å². The fourth-order valence-electron chi connectivity index (χ4n) is 3.33. The van der Waals surface area contributed by atoms with Gasteiger partial charge in [0.25, 0.3) is 0 Å². The fourth-order valence-corrected chi connectivity index (χ4v) is 3.33. The molecule has 2 rings (SSSR count). The highest BCUT2D eigenvalue weighted by atomic mass is 16.4. The molecule has 5 heteroatoms. The van der Waals surface area contributed by atoms with Gasteiger partial charge in [-0.15, -0.1) is 0 Å². The molecule has 108 valence electrons. The van der Waals surface area contributed by atoms with Crippen LogP contribution in [-0.2, 0) is 9.59 Å². The highest BCUT2D eigenvalue weighted by Gasteiger charge is 2.30. The van der Waals surface area contributed by atoms with Gasteiger partial charge < -0.3 is 19.7 Å². The Hall–Kier alpha value is -1.10. The second kappa shape index (κ2) is 6.89. The summed E-state index contributed by atoms with van der Waals surface area (Å²) in [5, 5.41) is 10.3. The maximum absolute atomic E-state index is 11.9. The summed E-state index contributed by atoms with van der Waals surface area (Å²) in [5.74, 6) is -0.963. The van der Waals surface area contributed by atoms with Crippen molar-refractivity contribution < 1.29 is 19.6 Å². The van der Waals surface area contributed by atoms with E-state index in [4.69, 9.17) is 0 Å². The van der Waals surface area contributed by atoms with E-state index in [1.165, 1.54) is 25.7 Å². The molecule has 0 aromatic rings. The van der Waals surface area contributed by atoms with Crippen LogP contribution in [0.4, 0.5) is 0 Å². The molecule has 1 heterocycles. The van der Waals surface area contributed by atoms with E-state index >= 15 is 0 Å². The zero-order valence-electron chi connectivity index (χ0n) is 11.5. The number of amides is 1. The van der Waals surface area contributed by atoms with Crippen molar-refractivity contribution >= 4 is 11.9 Å². The number of carboxylic acid groups (broad SMARTS) is 1. The Labute approximate surface area is 114 Å². The normalized spacial score (nSPS) is 21.8. The van der Waals surface area contributed by atoms with Crippen LogP contribution in [0.25, 0.3) is 0 Å². The predicted octanol–water partition coefficient (Wildman–Crippen LogP) is -1.42. The van der Waals surface area contributed by atoms with Crippen molar-refractivity contribution in [2.75, 3.05) is 26.2 Å². The number of piperazine rings is 1. The molecule has 1 saturated heterocycles. The van der Waals surface area contributed by atoms with Crippen LogP contribution in [0.2, 0.25) is 0 Å². The molecule has 1 amide bonds. The molecule has 0 aromatic heterocycles. The second-order valence-corrected chi connectivity index (χ2v) is 5.75. The van der Waals surface area contributed by atoms with Gasteiger partial charge in [-0.2, -0.15) is 0 Å². The van der Waals surface area contributed by atoms with E-state index in [9.17, 15) is 14.7 Å². The monoisotopic (exact) mass is 268 g/mol. The molecule has 2 fully saturated rings. The summed E-state index contributed by atoms with van der Waals surface area (Å²) in [7, 11) is 0. The molecule has 0 spiro atoms. The summed E-state index contributed by atoms with van der Waals surface area (Å²) in [6.45, 7) is 3.76. The molecule has 19 heavy (non-hydrogen) atoms. The molecular formula is C14H24N2O3. The van der Waals surface area contributed by atoms with Crippen molar-refractivity contribution in [2.45, 2.75) is 51.0 Å². The van der Waals surface area contributed by atoms with Crippen LogP contribution in [0.3, 0.4) is 0 Å². The smallest absolute Gasteiger partial charge is 0.222 e. The molecule has 1 aliphatic carbocycles. The average Bonchev–Trinajstić information content (AvgIpc) is 2.92. The third-order valence-corrected chi connectivity index (χ3v) is 4.46. The largest absolute Gasteiger partial charge is 0.550 e. The summed E-state index contributed by atoms with van der Waals surface area (Å²) < 4.78 is 0. The van der Waals surface area contributed by atoms with Gasteiger partial charge in [-0.25, -0.2) is 0 Å². The van der Waals surface area contributed by atoms with Crippen molar-refractivity contribution in [1.29, 1.82) is 0 Å². The maximum Gasteiger partial charge on any atom is 0.222 e. The number of hydrogen-bond acceptors (Lipinski definition) is 3. The van der Waals surface area contributed by atoms with Gasteiger partial charge in [0.15, 0.2) is 0 Å². The van der Waals surface area contributed by atoms with E-state index in [-0.39, 0.29) is 12.3 Å². The molecule has 1 N–H and O–H groups in total. The molecule has 1 aliphatic heterocycles. The highest BCUT2D eigenvalue weighted by molar-refractivity contribution is 5.76. The Kier molecular flexibility index (Phi) is 5.19. The number of carboxylic acids is 1. The number of nitrogens with zero attached hydrogens (tertiary/aromatic N) is 1.